The summed E-state index contributed by atoms with van der Waals surface area (Å²) in [6, 6.07) is 7.85. The first-order chi connectivity index (χ1) is 12.5. The molecule has 0 saturated carbocycles. The largest absolute Gasteiger partial charge is 0.416 e. The first-order valence-electron chi connectivity index (χ1n) is 8.33. The number of thiazole rings is 1. The number of benzene rings is 1. The molecule has 0 aliphatic heterocycles. The van der Waals surface area contributed by atoms with E-state index in [9.17, 15) is 4.79 Å². The molecule has 0 aliphatic carbocycles. The van der Waals surface area contributed by atoms with Crippen molar-refractivity contribution < 1.29 is 9.21 Å². The Labute approximate surface area is 160 Å². The van der Waals surface area contributed by atoms with E-state index in [-0.39, 0.29) is 11.2 Å². The molecule has 0 unspecified atom stereocenters. The monoisotopic (exact) mass is 388 g/mol. The van der Waals surface area contributed by atoms with Crippen molar-refractivity contribution in [3.05, 3.63) is 51.8 Å². The lowest BCUT2D eigenvalue weighted by atomic mass is 10.1. The van der Waals surface area contributed by atoms with Gasteiger partial charge in [-0.15, -0.1) is 21.5 Å². The van der Waals surface area contributed by atoms with E-state index in [0.717, 1.165) is 22.8 Å². The van der Waals surface area contributed by atoms with Crippen LogP contribution in [0.4, 0.5) is 5.69 Å². The number of hydrogen-bond acceptors (Lipinski definition) is 7. The van der Waals surface area contributed by atoms with Gasteiger partial charge in [0.15, 0.2) is 0 Å². The molecule has 0 spiro atoms. The summed E-state index contributed by atoms with van der Waals surface area (Å²) >= 11 is 2.83. The number of thioether (sulfide) groups is 1. The normalized spacial score (nSPS) is 12.1. The summed E-state index contributed by atoms with van der Waals surface area (Å²) in [7, 11) is 0. The fourth-order valence-electron chi connectivity index (χ4n) is 2.27. The maximum absolute atomic E-state index is 12.3. The second-order valence-electron chi connectivity index (χ2n) is 5.80. The number of aromatic nitrogens is 3. The van der Waals surface area contributed by atoms with E-state index in [2.05, 4.69) is 27.4 Å². The number of anilines is 1. The van der Waals surface area contributed by atoms with Gasteiger partial charge in [-0.3, -0.25) is 4.79 Å². The summed E-state index contributed by atoms with van der Waals surface area (Å²) in [5.41, 5.74) is 2.93. The Bertz CT molecular complexity index is 873. The van der Waals surface area contributed by atoms with Crippen molar-refractivity contribution in [2.24, 2.45) is 0 Å². The minimum atomic E-state index is -0.351. The van der Waals surface area contributed by atoms with Crippen molar-refractivity contribution in [1.29, 1.82) is 0 Å². The average molecular weight is 389 g/mol. The van der Waals surface area contributed by atoms with Crippen LogP contribution in [-0.2, 0) is 17.6 Å². The second-order valence-corrected chi connectivity index (χ2v) is 8.15. The van der Waals surface area contributed by atoms with Crippen LogP contribution in [0.15, 0.2) is 39.3 Å². The van der Waals surface area contributed by atoms with E-state index in [1.54, 1.807) is 11.3 Å². The minimum Gasteiger partial charge on any atom is -0.416 e. The van der Waals surface area contributed by atoms with Crippen LogP contribution in [0.3, 0.4) is 0 Å². The van der Waals surface area contributed by atoms with Gasteiger partial charge in [-0.2, -0.15) is 0 Å². The van der Waals surface area contributed by atoms with Gasteiger partial charge in [0, 0.05) is 11.1 Å². The molecule has 8 heteroatoms. The van der Waals surface area contributed by atoms with Crippen molar-refractivity contribution in [3.8, 4) is 0 Å². The number of nitrogens with zero attached hydrogens (tertiary/aromatic N) is 3. The van der Waals surface area contributed by atoms with Crippen molar-refractivity contribution >= 4 is 34.7 Å². The van der Waals surface area contributed by atoms with Gasteiger partial charge in [0.05, 0.1) is 22.4 Å². The molecule has 1 aromatic carbocycles. The van der Waals surface area contributed by atoms with Crippen molar-refractivity contribution in [2.45, 2.75) is 44.1 Å². The molecule has 6 nitrogen and oxygen atoms in total. The van der Waals surface area contributed by atoms with Gasteiger partial charge in [0.2, 0.25) is 11.8 Å². The zero-order chi connectivity index (χ0) is 18.5. The number of nitrogens with one attached hydrogen (secondary N) is 1. The predicted molar refractivity (Wildman–Crippen MR) is 104 cm³/mol. The third-order valence-electron chi connectivity index (χ3n) is 3.72. The summed E-state index contributed by atoms with van der Waals surface area (Å²) < 4.78 is 5.62. The summed E-state index contributed by atoms with van der Waals surface area (Å²) in [6.07, 6.45) is 1.47. The molecule has 0 saturated heterocycles. The number of carbonyl (C=O) groups excluding carboxylic acids is 1. The lowest BCUT2D eigenvalue weighted by molar-refractivity contribution is -0.115. The second kappa shape index (κ2) is 8.46. The Morgan fingerprint density at radius 3 is 2.73 bits per heavy atom. The highest BCUT2D eigenvalue weighted by Gasteiger charge is 2.19. The molecule has 136 valence electrons. The molecule has 0 radical (unpaired) electrons. The van der Waals surface area contributed by atoms with E-state index >= 15 is 0 Å². The summed E-state index contributed by atoms with van der Waals surface area (Å²) in [5.74, 6) is 0.398. The third-order valence-corrected chi connectivity index (χ3v) is 5.48. The molecule has 0 aliphatic rings. The summed E-state index contributed by atoms with van der Waals surface area (Å²) in [4.78, 5) is 16.7. The minimum absolute atomic E-state index is 0.103. The molecule has 2 aromatic heterocycles. The van der Waals surface area contributed by atoms with E-state index in [0.29, 0.717) is 17.5 Å². The lowest BCUT2D eigenvalue weighted by Crippen LogP contribution is -2.22. The fraction of sp³-hybridized carbons (Fsp3) is 0.333. The molecule has 0 fully saturated rings. The average Bonchev–Trinajstić information content (AvgIpc) is 3.24. The standard InChI is InChI=1S/C18H20N4O2S2/c1-4-13-5-7-14(8-6-13)20-17(23)11(2)26-18-22-21-16(24-18)9-15-10-25-12(3)19-15/h5-8,10-11H,4,9H2,1-3H3,(H,20,23)/t11-/m0/s1. The Morgan fingerprint density at radius 2 is 2.08 bits per heavy atom. The summed E-state index contributed by atoms with van der Waals surface area (Å²) in [5, 5.41) is 14.0. The molecule has 3 rings (SSSR count). The van der Waals surface area contributed by atoms with Crippen LogP contribution in [0.5, 0.6) is 0 Å². The van der Waals surface area contributed by atoms with Crippen LogP contribution < -0.4 is 5.32 Å². The molecular formula is C18H20N4O2S2. The number of amides is 1. The molecule has 1 amide bonds. The highest BCUT2D eigenvalue weighted by molar-refractivity contribution is 8.00. The lowest BCUT2D eigenvalue weighted by Gasteiger charge is -2.10. The van der Waals surface area contributed by atoms with Crippen LogP contribution in [0.2, 0.25) is 0 Å². The van der Waals surface area contributed by atoms with Crippen LogP contribution >= 0.6 is 23.1 Å². The first-order valence-corrected chi connectivity index (χ1v) is 10.1. The zero-order valence-corrected chi connectivity index (χ0v) is 16.5. The quantitative estimate of drug-likeness (QED) is 0.614. The van der Waals surface area contributed by atoms with Crippen molar-refractivity contribution in [3.63, 3.8) is 0 Å². The summed E-state index contributed by atoms with van der Waals surface area (Å²) in [6.45, 7) is 5.87. The van der Waals surface area contributed by atoms with Crippen LogP contribution in [0.1, 0.15) is 36.0 Å². The van der Waals surface area contributed by atoms with Crippen LogP contribution in [0.25, 0.3) is 0 Å². The Kier molecular flexibility index (Phi) is 6.05. The first kappa shape index (κ1) is 18.6. The topological polar surface area (TPSA) is 80.9 Å². The number of rotatable bonds is 7. The molecular weight excluding hydrogens is 368 g/mol. The molecule has 2 heterocycles. The number of hydrogen-bond donors (Lipinski definition) is 1. The Hall–Kier alpha value is -2.19. The predicted octanol–water partition coefficient (Wildman–Crippen LogP) is 4.11. The molecule has 1 atom stereocenters. The Morgan fingerprint density at radius 1 is 1.31 bits per heavy atom. The van der Waals surface area contributed by atoms with E-state index in [1.807, 2.05) is 43.5 Å². The van der Waals surface area contributed by atoms with Crippen molar-refractivity contribution in [2.75, 3.05) is 5.32 Å². The van der Waals surface area contributed by atoms with Gasteiger partial charge in [0.1, 0.15) is 0 Å². The number of aryl methyl sites for hydroxylation is 2. The van der Waals surface area contributed by atoms with Crippen molar-refractivity contribution in [1.82, 2.24) is 15.2 Å². The maximum atomic E-state index is 12.3. The molecule has 3 aromatic rings. The van der Waals surface area contributed by atoms with E-state index in [1.165, 1.54) is 17.3 Å². The van der Waals surface area contributed by atoms with Gasteiger partial charge in [-0.25, -0.2) is 4.98 Å². The van der Waals surface area contributed by atoms with Crippen LogP contribution in [-0.4, -0.2) is 26.3 Å². The number of carbonyl (C=O) groups is 1. The van der Waals surface area contributed by atoms with Gasteiger partial charge in [-0.1, -0.05) is 30.8 Å². The fourth-order valence-corrected chi connectivity index (χ4v) is 3.59. The van der Waals surface area contributed by atoms with Crippen LogP contribution in [0, 0.1) is 6.92 Å². The third kappa shape index (κ3) is 4.92. The highest BCUT2D eigenvalue weighted by Crippen LogP contribution is 2.24. The molecule has 0 bridgehead atoms. The Balaban J connectivity index is 1.55. The maximum Gasteiger partial charge on any atom is 0.277 e. The highest BCUT2D eigenvalue weighted by atomic mass is 32.2. The molecule has 1 N–H and O–H groups in total. The van der Waals surface area contributed by atoms with E-state index < -0.39 is 0 Å². The van der Waals surface area contributed by atoms with Gasteiger partial charge < -0.3 is 9.73 Å². The smallest absolute Gasteiger partial charge is 0.277 e. The SMILES string of the molecule is CCc1ccc(NC(=O)[C@H](C)Sc2nnc(Cc3csc(C)n3)o2)cc1. The van der Waals surface area contributed by atoms with Gasteiger partial charge in [0.25, 0.3) is 5.22 Å². The van der Waals surface area contributed by atoms with Gasteiger partial charge in [-0.05, 0) is 38.0 Å². The van der Waals surface area contributed by atoms with Gasteiger partial charge >= 0.3 is 0 Å². The molecule has 26 heavy (non-hydrogen) atoms. The van der Waals surface area contributed by atoms with E-state index in [4.69, 9.17) is 4.42 Å². The zero-order valence-electron chi connectivity index (χ0n) is 14.9.